The molecule has 8 heteroatoms. The molecule has 0 unspecified atom stereocenters. The Morgan fingerprint density at radius 3 is 2.21 bits per heavy atom. The van der Waals surface area contributed by atoms with E-state index in [2.05, 4.69) is 44.9 Å². The van der Waals surface area contributed by atoms with E-state index in [0.717, 1.165) is 27.9 Å². The second kappa shape index (κ2) is 10.5. The molecule has 2 heterocycles. The van der Waals surface area contributed by atoms with Gasteiger partial charge in [-0.05, 0) is 31.9 Å². The van der Waals surface area contributed by atoms with Crippen LogP contribution in [0.4, 0.5) is 0 Å². The summed E-state index contributed by atoms with van der Waals surface area (Å²) in [5, 5.41) is 16.9. The fraction of sp³-hybridized carbons (Fsp3) is 0.280. The van der Waals surface area contributed by atoms with Gasteiger partial charge in [0, 0.05) is 17.8 Å². The normalized spacial score (nSPS) is 11.0. The lowest BCUT2D eigenvalue weighted by Crippen LogP contribution is -2.25. The number of benzene rings is 2. The van der Waals surface area contributed by atoms with Gasteiger partial charge < -0.3 is 9.88 Å². The van der Waals surface area contributed by atoms with Gasteiger partial charge in [-0.1, -0.05) is 72.4 Å². The molecule has 0 radical (unpaired) electrons. The Labute approximate surface area is 198 Å². The summed E-state index contributed by atoms with van der Waals surface area (Å²) in [6, 6.07) is 20.4. The Balaban J connectivity index is 1.33. The van der Waals surface area contributed by atoms with Crippen molar-refractivity contribution in [2.24, 2.45) is 0 Å². The predicted molar refractivity (Wildman–Crippen MR) is 130 cm³/mol. The highest BCUT2D eigenvalue weighted by atomic mass is 32.2. The number of nitrogens with zero attached hydrogens (tertiary/aromatic N) is 5. The molecule has 0 atom stereocenters. The summed E-state index contributed by atoms with van der Waals surface area (Å²) in [5.74, 6) is 1.07. The number of carbonyl (C=O) groups excluding carboxylic acids is 1. The van der Waals surface area contributed by atoms with Crippen LogP contribution in [0.5, 0.6) is 0 Å². The van der Waals surface area contributed by atoms with Crippen molar-refractivity contribution >= 4 is 17.7 Å². The second-order valence-corrected chi connectivity index (χ2v) is 8.90. The molecule has 0 aliphatic heterocycles. The van der Waals surface area contributed by atoms with Crippen molar-refractivity contribution in [3.05, 3.63) is 94.6 Å². The molecule has 0 spiro atoms. The SMILES string of the molecule is Cc1nn(Cc2ccccc2)c(C)c1CNC(=O)CSc1nnc(C)n1Cc1ccccc1. The summed E-state index contributed by atoms with van der Waals surface area (Å²) in [5.41, 5.74) is 5.44. The van der Waals surface area contributed by atoms with E-state index in [0.29, 0.717) is 19.6 Å². The van der Waals surface area contributed by atoms with E-state index in [4.69, 9.17) is 0 Å². The molecule has 0 saturated carbocycles. The van der Waals surface area contributed by atoms with Gasteiger partial charge >= 0.3 is 0 Å². The highest BCUT2D eigenvalue weighted by Crippen LogP contribution is 2.19. The van der Waals surface area contributed by atoms with Crippen molar-refractivity contribution in [1.82, 2.24) is 29.9 Å². The van der Waals surface area contributed by atoms with Crippen LogP contribution in [0.1, 0.15) is 33.9 Å². The summed E-state index contributed by atoms with van der Waals surface area (Å²) in [7, 11) is 0. The van der Waals surface area contributed by atoms with E-state index >= 15 is 0 Å². The molecule has 4 rings (SSSR count). The van der Waals surface area contributed by atoms with Gasteiger partial charge in [-0.25, -0.2) is 0 Å². The van der Waals surface area contributed by atoms with Crippen LogP contribution in [-0.4, -0.2) is 36.2 Å². The first kappa shape index (κ1) is 22.8. The van der Waals surface area contributed by atoms with E-state index < -0.39 is 0 Å². The standard InChI is InChI=1S/C25H28N6OS/c1-18-23(19(2)31(29-18)16-22-12-8-5-9-13-22)14-26-24(32)17-33-25-28-27-20(3)30(25)15-21-10-6-4-7-11-21/h4-13H,14-17H2,1-3H3,(H,26,32). The second-order valence-electron chi connectivity index (χ2n) is 7.96. The first-order chi connectivity index (χ1) is 16.0. The van der Waals surface area contributed by atoms with E-state index in [9.17, 15) is 4.79 Å². The molecule has 2 aromatic carbocycles. The quantitative estimate of drug-likeness (QED) is 0.383. The number of hydrogen-bond donors (Lipinski definition) is 1. The van der Waals surface area contributed by atoms with Gasteiger partial charge in [-0.3, -0.25) is 9.48 Å². The average molecular weight is 461 g/mol. The maximum absolute atomic E-state index is 12.6. The number of aromatic nitrogens is 5. The summed E-state index contributed by atoms with van der Waals surface area (Å²) in [4.78, 5) is 12.6. The minimum atomic E-state index is -0.0403. The minimum absolute atomic E-state index is 0.0403. The Morgan fingerprint density at radius 2 is 1.55 bits per heavy atom. The number of nitrogens with one attached hydrogen (secondary N) is 1. The molecule has 7 nitrogen and oxygen atoms in total. The first-order valence-electron chi connectivity index (χ1n) is 10.9. The van der Waals surface area contributed by atoms with Gasteiger partial charge in [0.25, 0.3) is 0 Å². The Bertz CT molecular complexity index is 1220. The monoisotopic (exact) mass is 460 g/mol. The maximum atomic E-state index is 12.6. The fourth-order valence-electron chi connectivity index (χ4n) is 3.68. The van der Waals surface area contributed by atoms with Crippen LogP contribution < -0.4 is 5.32 Å². The fourth-order valence-corrected chi connectivity index (χ4v) is 4.50. The number of thioether (sulfide) groups is 1. The van der Waals surface area contributed by atoms with E-state index in [1.165, 1.54) is 22.9 Å². The molecule has 0 aliphatic carbocycles. The molecule has 0 saturated heterocycles. The predicted octanol–water partition coefficient (Wildman–Crippen LogP) is 3.90. The molecular weight excluding hydrogens is 432 g/mol. The van der Waals surface area contributed by atoms with Crippen LogP contribution in [0.15, 0.2) is 65.8 Å². The van der Waals surface area contributed by atoms with Gasteiger partial charge in [0.05, 0.1) is 24.5 Å². The highest BCUT2D eigenvalue weighted by Gasteiger charge is 2.15. The van der Waals surface area contributed by atoms with Crippen LogP contribution in [0.25, 0.3) is 0 Å². The molecule has 4 aromatic rings. The number of aryl methyl sites for hydroxylation is 2. The summed E-state index contributed by atoms with van der Waals surface area (Å²) in [6.07, 6.45) is 0. The zero-order valence-electron chi connectivity index (χ0n) is 19.2. The molecular formula is C25H28N6OS. The summed E-state index contributed by atoms with van der Waals surface area (Å²) in [6.45, 7) is 7.82. The van der Waals surface area contributed by atoms with Gasteiger partial charge in [0.2, 0.25) is 5.91 Å². The number of amides is 1. The molecule has 0 fully saturated rings. The molecule has 1 amide bonds. The maximum Gasteiger partial charge on any atom is 0.230 e. The molecule has 1 N–H and O–H groups in total. The Hall–Kier alpha value is -3.39. The third-order valence-corrected chi connectivity index (χ3v) is 6.55. The Morgan fingerprint density at radius 1 is 0.909 bits per heavy atom. The third kappa shape index (κ3) is 5.70. The molecule has 0 aliphatic rings. The van der Waals surface area contributed by atoms with Crippen LogP contribution in [0.2, 0.25) is 0 Å². The van der Waals surface area contributed by atoms with Gasteiger partial charge in [0.1, 0.15) is 5.82 Å². The number of rotatable bonds is 9. The average Bonchev–Trinajstić information content (AvgIpc) is 3.30. The van der Waals surface area contributed by atoms with Crippen molar-refractivity contribution in [2.45, 2.75) is 45.6 Å². The molecule has 0 bridgehead atoms. The van der Waals surface area contributed by atoms with Crippen molar-refractivity contribution in [2.75, 3.05) is 5.75 Å². The minimum Gasteiger partial charge on any atom is -0.351 e. The van der Waals surface area contributed by atoms with Crippen molar-refractivity contribution < 1.29 is 4.79 Å². The lowest BCUT2D eigenvalue weighted by Gasteiger charge is -2.09. The lowest BCUT2D eigenvalue weighted by atomic mass is 10.2. The van der Waals surface area contributed by atoms with E-state index in [1.54, 1.807) is 0 Å². The van der Waals surface area contributed by atoms with Crippen LogP contribution >= 0.6 is 11.8 Å². The Kier molecular flexibility index (Phi) is 7.24. The van der Waals surface area contributed by atoms with Crippen molar-refractivity contribution in [1.29, 1.82) is 0 Å². The topological polar surface area (TPSA) is 77.6 Å². The highest BCUT2D eigenvalue weighted by molar-refractivity contribution is 7.99. The summed E-state index contributed by atoms with van der Waals surface area (Å²) < 4.78 is 4.03. The van der Waals surface area contributed by atoms with Crippen LogP contribution in [-0.2, 0) is 24.4 Å². The van der Waals surface area contributed by atoms with Crippen molar-refractivity contribution in [3.63, 3.8) is 0 Å². The van der Waals surface area contributed by atoms with Crippen molar-refractivity contribution in [3.8, 4) is 0 Å². The van der Waals surface area contributed by atoms with Crippen LogP contribution in [0, 0.1) is 20.8 Å². The van der Waals surface area contributed by atoms with E-state index in [-0.39, 0.29) is 11.7 Å². The largest absolute Gasteiger partial charge is 0.351 e. The molecule has 33 heavy (non-hydrogen) atoms. The first-order valence-corrected chi connectivity index (χ1v) is 11.9. The number of hydrogen-bond acceptors (Lipinski definition) is 5. The third-order valence-electron chi connectivity index (χ3n) is 5.59. The lowest BCUT2D eigenvalue weighted by molar-refractivity contribution is -0.118. The van der Waals surface area contributed by atoms with Crippen LogP contribution in [0.3, 0.4) is 0 Å². The van der Waals surface area contributed by atoms with Gasteiger partial charge in [0.15, 0.2) is 5.16 Å². The van der Waals surface area contributed by atoms with Gasteiger partial charge in [-0.15, -0.1) is 10.2 Å². The smallest absolute Gasteiger partial charge is 0.230 e. The molecule has 170 valence electrons. The van der Waals surface area contributed by atoms with Gasteiger partial charge in [-0.2, -0.15) is 5.10 Å². The zero-order chi connectivity index (χ0) is 23.2. The summed E-state index contributed by atoms with van der Waals surface area (Å²) >= 11 is 1.40. The van der Waals surface area contributed by atoms with E-state index in [1.807, 2.05) is 66.4 Å². The number of carbonyl (C=O) groups is 1. The molecule has 2 aromatic heterocycles. The zero-order valence-corrected chi connectivity index (χ0v) is 20.0.